The average molecular weight is 365 g/mol. The molecule has 0 saturated carbocycles. The van der Waals surface area contributed by atoms with E-state index in [4.69, 9.17) is 4.74 Å². The van der Waals surface area contributed by atoms with Crippen molar-refractivity contribution in [2.75, 3.05) is 6.61 Å². The van der Waals surface area contributed by atoms with Crippen LogP contribution in [0.15, 0.2) is 17.8 Å². The van der Waals surface area contributed by atoms with Crippen LogP contribution in [0, 0.1) is 5.92 Å². The first-order valence-corrected chi connectivity index (χ1v) is 9.12. The molecule has 0 aliphatic heterocycles. The van der Waals surface area contributed by atoms with E-state index in [1.165, 1.54) is 22.3 Å². The van der Waals surface area contributed by atoms with Gasteiger partial charge in [0.05, 0.1) is 5.69 Å². The van der Waals surface area contributed by atoms with E-state index in [2.05, 4.69) is 34.7 Å². The fraction of sp³-hybridized carbons (Fsp3) is 0.562. The van der Waals surface area contributed by atoms with Gasteiger partial charge in [-0.2, -0.15) is 4.68 Å². The minimum atomic E-state index is -0.567. The second kappa shape index (κ2) is 9.26. The van der Waals surface area contributed by atoms with Crippen molar-refractivity contribution >= 4 is 23.2 Å². The van der Waals surface area contributed by atoms with Crippen LogP contribution in [0.1, 0.15) is 49.7 Å². The summed E-state index contributed by atoms with van der Waals surface area (Å²) in [7, 11) is 0. The Balaban J connectivity index is 1.78. The number of thiophene rings is 1. The first kappa shape index (κ1) is 19.0. The molecule has 0 bridgehead atoms. The summed E-state index contributed by atoms with van der Waals surface area (Å²) in [6.45, 7) is 6.00. The summed E-state index contributed by atoms with van der Waals surface area (Å²) in [5.74, 6) is -0.210. The molecule has 0 unspecified atom stereocenters. The highest BCUT2D eigenvalue weighted by molar-refractivity contribution is 7.12. The van der Waals surface area contributed by atoms with Gasteiger partial charge in [0.1, 0.15) is 11.2 Å². The van der Waals surface area contributed by atoms with Gasteiger partial charge in [-0.3, -0.25) is 4.79 Å². The third-order valence-electron chi connectivity index (χ3n) is 3.59. The van der Waals surface area contributed by atoms with Crippen molar-refractivity contribution in [1.82, 2.24) is 25.5 Å². The van der Waals surface area contributed by atoms with Crippen LogP contribution in [0.3, 0.4) is 0 Å². The van der Waals surface area contributed by atoms with Gasteiger partial charge in [0.25, 0.3) is 5.91 Å². The van der Waals surface area contributed by atoms with Crippen LogP contribution < -0.4 is 5.32 Å². The number of nitrogens with one attached hydrogen (secondary N) is 1. The molecule has 2 rings (SSSR count). The number of esters is 1. The number of amides is 1. The van der Waals surface area contributed by atoms with Crippen LogP contribution >= 0.6 is 11.3 Å². The SMILES string of the molecule is CC(C)CCC[C@H](C)NC(=O)COC(=O)c1sccc1-n1cnnn1. The van der Waals surface area contributed by atoms with Crippen LogP contribution in [0.2, 0.25) is 0 Å². The topological polar surface area (TPSA) is 99.0 Å². The Morgan fingerprint density at radius 2 is 2.12 bits per heavy atom. The van der Waals surface area contributed by atoms with Gasteiger partial charge in [-0.05, 0) is 41.1 Å². The third-order valence-corrected chi connectivity index (χ3v) is 4.47. The molecule has 1 atom stereocenters. The number of aromatic nitrogens is 4. The smallest absolute Gasteiger partial charge is 0.351 e. The predicted octanol–water partition coefficient (Wildman–Crippen LogP) is 2.21. The molecule has 9 heteroatoms. The molecule has 0 saturated heterocycles. The number of hydrogen-bond donors (Lipinski definition) is 1. The van der Waals surface area contributed by atoms with E-state index in [1.807, 2.05) is 6.92 Å². The molecule has 0 radical (unpaired) electrons. The van der Waals surface area contributed by atoms with Crippen molar-refractivity contribution in [1.29, 1.82) is 0 Å². The van der Waals surface area contributed by atoms with Gasteiger partial charge in [-0.25, -0.2) is 4.79 Å². The second-order valence-electron chi connectivity index (χ2n) is 6.26. The third kappa shape index (κ3) is 5.93. The van der Waals surface area contributed by atoms with Gasteiger partial charge in [0.2, 0.25) is 0 Å². The van der Waals surface area contributed by atoms with Gasteiger partial charge in [-0.1, -0.05) is 26.7 Å². The predicted molar refractivity (Wildman–Crippen MR) is 93.6 cm³/mol. The maximum absolute atomic E-state index is 12.2. The molecule has 25 heavy (non-hydrogen) atoms. The molecule has 2 heterocycles. The molecule has 8 nitrogen and oxygen atoms in total. The summed E-state index contributed by atoms with van der Waals surface area (Å²) in [5, 5.41) is 15.4. The summed E-state index contributed by atoms with van der Waals surface area (Å²) >= 11 is 1.21. The van der Waals surface area contributed by atoms with E-state index in [9.17, 15) is 9.59 Å². The molecular weight excluding hydrogens is 342 g/mol. The molecule has 0 aromatic carbocycles. The zero-order valence-electron chi connectivity index (χ0n) is 14.6. The van der Waals surface area contributed by atoms with Gasteiger partial charge in [0, 0.05) is 6.04 Å². The summed E-state index contributed by atoms with van der Waals surface area (Å²) < 4.78 is 6.49. The lowest BCUT2D eigenvalue weighted by molar-refractivity contribution is -0.124. The van der Waals surface area contributed by atoms with Crippen LogP contribution in [-0.2, 0) is 9.53 Å². The molecule has 1 N–H and O–H groups in total. The normalized spacial score (nSPS) is 12.2. The summed E-state index contributed by atoms with van der Waals surface area (Å²) in [6, 6.07) is 1.78. The first-order chi connectivity index (χ1) is 12.0. The van der Waals surface area contributed by atoms with Crippen molar-refractivity contribution in [3.63, 3.8) is 0 Å². The lowest BCUT2D eigenvalue weighted by Crippen LogP contribution is -2.35. The van der Waals surface area contributed by atoms with Crippen molar-refractivity contribution in [3.05, 3.63) is 22.7 Å². The number of ether oxygens (including phenoxy) is 1. The van der Waals surface area contributed by atoms with Gasteiger partial charge in [0.15, 0.2) is 6.61 Å². The van der Waals surface area contributed by atoms with E-state index >= 15 is 0 Å². The number of hydrogen-bond acceptors (Lipinski definition) is 7. The number of nitrogens with zero attached hydrogens (tertiary/aromatic N) is 4. The van der Waals surface area contributed by atoms with Crippen LogP contribution in [0.4, 0.5) is 0 Å². The van der Waals surface area contributed by atoms with E-state index in [-0.39, 0.29) is 18.6 Å². The molecule has 2 aromatic rings. The van der Waals surface area contributed by atoms with Crippen molar-refractivity contribution in [2.45, 2.75) is 46.1 Å². The second-order valence-corrected chi connectivity index (χ2v) is 7.17. The van der Waals surface area contributed by atoms with Gasteiger partial charge < -0.3 is 10.1 Å². The van der Waals surface area contributed by atoms with Crippen LogP contribution in [-0.4, -0.2) is 44.7 Å². The van der Waals surface area contributed by atoms with E-state index < -0.39 is 5.97 Å². The average Bonchev–Trinajstić information content (AvgIpc) is 3.22. The zero-order valence-corrected chi connectivity index (χ0v) is 15.5. The molecule has 2 aromatic heterocycles. The molecule has 0 spiro atoms. The Kier molecular flexibility index (Phi) is 7.05. The highest BCUT2D eigenvalue weighted by Gasteiger charge is 2.18. The van der Waals surface area contributed by atoms with Crippen molar-refractivity contribution < 1.29 is 14.3 Å². The molecule has 1 amide bonds. The van der Waals surface area contributed by atoms with Crippen LogP contribution in [0.5, 0.6) is 0 Å². The molecular formula is C16H23N5O3S. The minimum Gasteiger partial charge on any atom is -0.451 e. The van der Waals surface area contributed by atoms with Gasteiger partial charge in [-0.15, -0.1) is 16.4 Å². The highest BCUT2D eigenvalue weighted by Crippen LogP contribution is 2.20. The Morgan fingerprint density at radius 3 is 2.80 bits per heavy atom. The Bertz CT molecular complexity index is 684. The number of carbonyl (C=O) groups excluding carboxylic acids is 2. The summed E-state index contributed by atoms with van der Waals surface area (Å²) in [4.78, 5) is 24.5. The largest absolute Gasteiger partial charge is 0.451 e. The number of tetrazole rings is 1. The van der Waals surface area contributed by atoms with E-state index in [0.29, 0.717) is 16.5 Å². The molecule has 0 aliphatic rings. The van der Waals surface area contributed by atoms with Crippen molar-refractivity contribution in [2.24, 2.45) is 5.92 Å². The molecule has 0 aliphatic carbocycles. The number of rotatable bonds is 9. The fourth-order valence-corrected chi connectivity index (χ4v) is 3.10. The maximum atomic E-state index is 12.2. The lowest BCUT2D eigenvalue weighted by Gasteiger charge is -2.14. The van der Waals surface area contributed by atoms with E-state index in [0.717, 1.165) is 19.3 Å². The molecule has 136 valence electrons. The van der Waals surface area contributed by atoms with Gasteiger partial charge >= 0.3 is 5.97 Å². The minimum absolute atomic E-state index is 0.0588. The summed E-state index contributed by atoms with van der Waals surface area (Å²) in [6.07, 6.45) is 4.49. The quantitative estimate of drug-likeness (QED) is 0.684. The number of carbonyl (C=O) groups is 2. The Hall–Kier alpha value is -2.29. The van der Waals surface area contributed by atoms with Crippen molar-refractivity contribution in [3.8, 4) is 5.69 Å². The Morgan fingerprint density at radius 1 is 1.32 bits per heavy atom. The lowest BCUT2D eigenvalue weighted by atomic mass is 10.0. The maximum Gasteiger partial charge on any atom is 0.351 e. The monoisotopic (exact) mass is 365 g/mol. The molecule has 0 fully saturated rings. The fourth-order valence-electron chi connectivity index (χ4n) is 2.32. The zero-order chi connectivity index (χ0) is 18.2. The first-order valence-electron chi connectivity index (χ1n) is 8.24. The van der Waals surface area contributed by atoms with Crippen LogP contribution in [0.25, 0.3) is 5.69 Å². The van der Waals surface area contributed by atoms with E-state index in [1.54, 1.807) is 11.4 Å². The summed E-state index contributed by atoms with van der Waals surface area (Å²) in [5.41, 5.74) is 0.530. The highest BCUT2D eigenvalue weighted by atomic mass is 32.1. The Labute approximate surface area is 150 Å². The standard InChI is InChI=1S/C16H23N5O3S/c1-11(2)5-4-6-12(3)18-14(22)9-24-16(23)15-13(7-8-25-15)21-10-17-19-20-21/h7-8,10-12H,4-6,9H2,1-3H3,(H,18,22)/t12-/m0/s1.